The molecule has 1 heterocycles. The Kier molecular flexibility index (Phi) is 3.73. The molecule has 0 bridgehead atoms. The van der Waals surface area contributed by atoms with Gasteiger partial charge in [-0.2, -0.15) is 0 Å². The number of aliphatic hydroxyl groups excluding tert-OH is 1. The van der Waals surface area contributed by atoms with Crippen molar-refractivity contribution in [3.8, 4) is 0 Å². The molecular weight excluding hydrogens is 194 g/mol. The van der Waals surface area contributed by atoms with Gasteiger partial charge in [0, 0.05) is 18.4 Å². The Balaban J connectivity index is 2.55. The van der Waals surface area contributed by atoms with Crippen LogP contribution in [0.2, 0.25) is 0 Å². The molecular formula is C11H21NO3. The fraction of sp³-hybridized carbons (Fsp3) is 0.909. The van der Waals surface area contributed by atoms with Crippen molar-refractivity contribution in [2.45, 2.75) is 45.4 Å². The second kappa shape index (κ2) is 4.49. The average Bonchev–Trinajstić information content (AvgIpc) is 2.08. The Morgan fingerprint density at radius 1 is 1.60 bits per heavy atom. The zero-order valence-electron chi connectivity index (χ0n) is 9.99. The fourth-order valence-corrected chi connectivity index (χ4v) is 2.07. The van der Waals surface area contributed by atoms with Gasteiger partial charge in [-0.15, -0.1) is 0 Å². The highest BCUT2D eigenvalue weighted by Gasteiger charge is 2.36. The number of nitrogens with zero attached hydrogens (tertiary/aromatic N) is 1. The van der Waals surface area contributed by atoms with Gasteiger partial charge in [-0.1, -0.05) is 0 Å². The number of carbonyl (C=O) groups excluding carboxylic acids is 1. The molecule has 1 aliphatic heterocycles. The summed E-state index contributed by atoms with van der Waals surface area (Å²) in [6.07, 6.45) is 0.766. The van der Waals surface area contributed by atoms with Crippen molar-refractivity contribution >= 4 is 5.97 Å². The van der Waals surface area contributed by atoms with Crippen LogP contribution in [0, 0.1) is 5.92 Å². The molecule has 1 rings (SSSR count). The Morgan fingerprint density at radius 2 is 2.20 bits per heavy atom. The number of hydrogen-bond donors (Lipinski definition) is 1. The lowest BCUT2D eigenvalue weighted by atomic mass is 9.83. The molecule has 1 aliphatic rings. The summed E-state index contributed by atoms with van der Waals surface area (Å²) in [4.78, 5) is 13.0. The van der Waals surface area contributed by atoms with E-state index in [1.54, 1.807) is 0 Å². The van der Waals surface area contributed by atoms with Crippen molar-refractivity contribution in [1.82, 2.24) is 4.90 Å². The third-order valence-electron chi connectivity index (χ3n) is 3.32. The molecule has 0 aromatic carbocycles. The molecule has 0 amide bonds. The lowest BCUT2D eigenvalue weighted by Crippen LogP contribution is -2.50. The van der Waals surface area contributed by atoms with E-state index in [1.807, 2.05) is 0 Å². The Hall–Kier alpha value is -0.610. The lowest BCUT2D eigenvalue weighted by Gasteiger charge is -2.44. The molecule has 4 nitrogen and oxygen atoms in total. The Morgan fingerprint density at radius 3 is 2.67 bits per heavy atom. The van der Waals surface area contributed by atoms with Crippen LogP contribution in [-0.4, -0.2) is 41.4 Å². The Bertz CT molecular complexity index is 240. The van der Waals surface area contributed by atoms with E-state index >= 15 is 0 Å². The molecule has 1 N–H and O–H groups in total. The van der Waals surface area contributed by atoms with Crippen molar-refractivity contribution in [3.63, 3.8) is 0 Å². The van der Waals surface area contributed by atoms with Gasteiger partial charge in [-0.05, 0) is 40.3 Å². The minimum Gasteiger partial charge on any atom is -0.436 e. The van der Waals surface area contributed by atoms with Crippen LogP contribution in [0.5, 0.6) is 0 Å². The summed E-state index contributed by atoms with van der Waals surface area (Å²) in [6, 6.07) is 0. The van der Waals surface area contributed by atoms with E-state index < -0.39 is 12.3 Å². The van der Waals surface area contributed by atoms with Crippen molar-refractivity contribution < 1.29 is 14.6 Å². The van der Waals surface area contributed by atoms with Crippen molar-refractivity contribution in [1.29, 1.82) is 0 Å². The summed E-state index contributed by atoms with van der Waals surface area (Å²) in [5, 5.41) is 9.70. The van der Waals surface area contributed by atoms with E-state index in [4.69, 9.17) is 4.74 Å². The third-order valence-corrected chi connectivity index (χ3v) is 3.32. The number of piperidine rings is 1. The van der Waals surface area contributed by atoms with E-state index in [1.165, 1.54) is 6.92 Å². The second-order valence-corrected chi connectivity index (χ2v) is 4.99. The lowest BCUT2D eigenvalue weighted by molar-refractivity contribution is -0.180. The zero-order chi connectivity index (χ0) is 11.6. The second-order valence-electron chi connectivity index (χ2n) is 4.99. The first-order valence-electron chi connectivity index (χ1n) is 5.39. The number of rotatable bonds is 2. The van der Waals surface area contributed by atoms with Gasteiger partial charge in [0.1, 0.15) is 0 Å². The first-order chi connectivity index (χ1) is 6.83. The van der Waals surface area contributed by atoms with Crippen molar-refractivity contribution in [3.05, 3.63) is 0 Å². The molecule has 0 aliphatic carbocycles. The molecule has 0 spiro atoms. The summed E-state index contributed by atoms with van der Waals surface area (Å²) < 4.78 is 4.82. The zero-order valence-corrected chi connectivity index (χ0v) is 9.99. The molecule has 1 saturated heterocycles. The normalized spacial score (nSPS) is 28.5. The number of carbonyl (C=O) groups is 1. The van der Waals surface area contributed by atoms with Gasteiger partial charge < -0.3 is 14.7 Å². The van der Waals surface area contributed by atoms with Crippen LogP contribution in [0.15, 0.2) is 0 Å². The van der Waals surface area contributed by atoms with Gasteiger partial charge in [0.05, 0.1) is 0 Å². The van der Waals surface area contributed by atoms with Crippen LogP contribution in [0.3, 0.4) is 0 Å². The minimum absolute atomic E-state index is 0.0556. The maximum Gasteiger partial charge on any atom is 0.304 e. The summed E-state index contributed by atoms with van der Waals surface area (Å²) in [5.41, 5.74) is 0.0596. The number of ether oxygens (including phenoxy) is 1. The largest absolute Gasteiger partial charge is 0.436 e. The number of hydrogen-bond acceptors (Lipinski definition) is 4. The number of likely N-dealkylation sites (tertiary alicyclic amines) is 1. The number of aliphatic hydroxyl groups is 1. The predicted molar refractivity (Wildman–Crippen MR) is 57.2 cm³/mol. The van der Waals surface area contributed by atoms with Crippen LogP contribution < -0.4 is 0 Å². The van der Waals surface area contributed by atoms with E-state index in [0.29, 0.717) is 0 Å². The molecule has 0 radical (unpaired) electrons. The topological polar surface area (TPSA) is 49.8 Å². The highest BCUT2D eigenvalue weighted by Crippen LogP contribution is 2.32. The summed E-state index contributed by atoms with van der Waals surface area (Å²) in [5.74, 6) is -0.362. The standard InChI is InChI=1S/C11H21NO3/c1-8(13)15-10(14)9-5-6-12(4)11(2,3)7-9/h9-10,14H,5-7H2,1-4H3. The van der Waals surface area contributed by atoms with Crippen LogP contribution in [0.25, 0.3) is 0 Å². The van der Waals surface area contributed by atoms with Gasteiger partial charge in [0.2, 0.25) is 6.29 Å². The first-order valence-corrected chi connectivity index (χ1v) is 5.39. The highest BCUT2D eigenvalue weighted by molar-refractivity contribution is 5.66. The fourth-order valence-electron chi connectivity index (χ4n) is 2.07. The molecule has 15 heavy (non-hydrogen) atoms. The van der Waals surface area contributed by atoms with Crippen LogP contribution in [0.1, 0.15) is 33.6 Å². The molecule has 88 valence electrons. The van der Waals surface area contributed by atoms with Gasteiger partial charge >= 0.3 is 5.97 Å². The smallest absolute Gasteiger partial charge is 0.304 e. The van der Waals surface area contributed by atoms with Crippen molar-refractivity contribution in [2.75, 3.05) is 13.6 Å². The summed E-state index contributed by atoms with van der Waals surface area (Å²) in [7, 11) is 2.08. The minimum atomic E-state index is -0.949. The quantitative estimate of drug-likeness (QED) is 0.551. The molecule has 0 aromatic heterocycles. The van der Waals surface area contributed by atoms with E-state index in [2.05, 4.69) is 25.8 Å². The molecule has 0 aromatic rings. The SMILES string of the molecule is CC(=O)OC(O)C1CCN(C)C(C)(C)C1. The molecule has 4 heteroatoms. The van der Waals surface area contributed by atoms with E-state index in [-0.39, 0.29) is 11.5 Å². The maximum absolute atomic E-state index is 10.7. The van der Waals surface area contributed by atoms with Gasteiger partial charge in [-0.25, -0.2) is 0 Å². The molecule has 2 unspecified atom stereocenters. The average molecular weight is 215 g/mol. The van der Waals surface area contributed by atoms with Gasteiger partial charge in [-0.3, -0.25) is 4.79 Å². The molecule has 0 saturated carbocycles. The summed E-state index contributed by atoms with van der Waals surface area (Å²) >= 11 is 0. The van der Waals surface area contributed by atoms with Crippen LogP contribution in [-0.2, 0) is 9.53 Å². The first kappa shape index (κ1) is 12.5. The Labute approximate surface area is 91.2 Å². The van der Waals surface area contributed by atoms with E-state index in [9.17, 15) is 9.90 Å². The van der Waals surface area contributed by atoms with Gasteiger partial charge in [0.25, 0.3) is 0 Å². The van der Waals surface area contributed by atoms with Gasteiger partial charge in [0.15, 0.2) is 0 Å². The van der Waals surface area contributed by atoms with Crippen LogP contribution in [0.4, 0.5) is 0 Å². The number of esters is 1. The monoisotopic (exact) mass is 215 g/mol. The van der Waals surface area contributed by atoms with Crippen LogP contribution >= 0.6 is 0 Å². The predicted octanol–water partition coefficient (Wildman–Crippen LogP) is 0.988. The van der Waals surface area contributed by atoms with Crippen molar-refractivity contribution in [2.24, 2.45) is 5.92 Å². The maximum atomic E-state index is 10.7. The molecule has 2 atom stereocenters. The summed E-state index contributed by atoms with van der Waals surface area (Å²) in [6.45, 7) is 6.53. The third kappa shape index (κ3) is 3.18. The van der Waals surface area contributed by atoms with E-state index in [0.717, 1.165) is 19.4 Å². The molecule has 1 fully saturated rings. The highest BCUT2D eigenvalue weighted by atomic mass is 16.6.